The van der Waals surface area contributed by atoms with Gasteiger partial charge in [-0.3, -0.25) is 4.57 Å². The average Bonchev–Trinajstić information content (AvgIpc) is 2.34. The van der Waals surface area contributed by atoms with Crippen LogP contribution < -0.4 is 0 Å². The number of halogens is 2. The van der Waals surface area contributed by atoms with Gasteiger partial charge in [0.2, 0.25) is 0 Å². The molecule has 1 heterocycles. The van der Waals surface area contributed by atoms with Gasteiger partial charge in [0.25, 0.3) is 0 Å². The second kappa shape index (κ2) is 2.74. The van der Waals surface area contributed by atoms with Gasteiger partial charge in [-0.25, -0.2) is 4.98 Å². The molecular formula is C5H6F2N2O. The van der Waals surface area contributed by atoms with Crippen LogP contribution in [0.15, 0.2) is 12.5 Å². The average molecular weight is 148 g/mol. The van der Waals surface area contributed by atoms with E-state index in [1.807, 2.05) is 0 Å². The molecule has 1 aromatic heterocycles. The normalized spacial score (nSPS) is 10.8. The van der Waals surface area contributed by atoms with Crippen molar-refractivity contribution < 1.29 is 13.9 Å². The van der Waals surface area contributed by atoms with E-state index in [2.05, 4.69) is 4.98 Å². The lowest BCUT2D eigenvalue weighted by atomic mass is 10.5. The summed E-state index contributed by atoms with van der Waals surface area (Å²) in [5.74, 6) is 0. The third kappa shape index (κ3) is 1.30. The molecule has 0 aliphatic rings. The molecule has 1 N–H and O–H groups in total. The number of alkyl halides is 2. The first kappa shape index (κ1) is 7.14. The fourth-order valence-corrected chi connectivity index (χ4v) is 0.568. The molecule has 0 saturated carbocycles. The number of rotatable bonds is 2. The van der Waals surface area contributed by atoms with Gasteiger partial charge < -0.3 is 5.11 Å². The van der Waals surface area contributed by atoms with Crippen LogP contribution in [-0.4, -0.2) is 14.7 Å². The molecule has 0 fully saturated rings. The van der Waals surface area contributed by atoms with E-state index in [1.54, 1.807) is 0 Å². The summed E-state index contributed by atoms with van der Waals surface area (Å²) >= 11 is 0. The lowest BCUT2D eigenvalue weighted by molar-refractivity contribution is 0.0699. The molecule has 1 rings (SSSR count). The predicted octanol–water partition coefficient (Wildman–Crippen LogP) is 0.770. The Morgan fingerprint density at radius 2 is 2.40 bits per heavy atom. The second-order valence-corrected chi connectivity index (χ2v) is 1.75. The lowest BCUT2D eigenvalue weighted by Crippen LogP contribution is -1.92. The molecule has 0 aliphatic carbocycles. The number of nitrogens with zero attached hydrogens (tertiary/aromatic N) is 2. The molecule has 5 heteroatoms. The lowest BCUT2D eigenvalue weighted by Gasteiger charge is -1.95. The molecule has 0 atom stereocenters. The first-order valence-electron chi connectivity index (χ1n) is 2.65. The van der Waals surface area contributed by atoms with Crippen LogP contribution in [0.4, 0.5) is 8.78 Å². The molecular weight excluding hydrogens is 142 g/mol. The van der Waals surface area contributed by atoms with Crippen molar-refractivity contribution in [3.63, 3.8) is 0 Å². The summed E-state index contributed by atoms with van der Waals surface area (Å²) in [5, 5.41) is 8.41. The molecule has 3 nitrogen and oxygen atoms in total. The van der Waals surface area contributed by atoms with Gasteiger partial charge in [0.1, 0.15) is 0 Å². The molecule has 0 radical (unpaired) electrons. The van der Waals surface area contributed by atoms with Crippen molar-refractivity contribution >= 4 is 0 Å². The maximum Gasteiger partial charge on any atom is 0.319 e. The second-order valence-electron chi connectivity index (χ2n) is 1.75. The summed E-state index contributed by atoms with van der Waals surface area (Å²) in [7, 11) is 0. The number of imidazole rings is 1. The van der Waals surface area contributed by atoms with E-state index in [1.165, 1.54) is 0 Å². The Labute approximate surface area is 55.9 Å². The first-order chi connectivity index (χ1) is 4.74. The van der Waals surface area contributed by atoms with Crippen molar-refractivity contribution in [2.45, 2.75) is 13.2 Å². The van der Waals surface area contributed by atoms with Crippen molar-refractivity contribution in [2.75, 3.05) is 0 Å². The Bertz CT molecular complexity index is 211. The van der Waals surface area contributed by atoms with Crippen LogP contribution >= 0.6 is 0 Å². The Morgan fingerprint density at radius 3 is 2.70 bits per heavy atom. The summed E-state index contributed by atoms with van der Waals surface area (Å²) in [6, 6.07) is 0. The Hall–Kier alpha value is -0.970. The van der Waals surface area contributed by atoms with Gasteiger partial charge in [0.05, 0.1) is 18.6 Å². The quantitative estimate of drug-likeness (QED) is 0.672. The van der Waals surface area contributed by atoms with E-state index in [-0.39, 0.29) is 12.3 Å². The Kier molecular flexibility index (Phi) is 1.96. The molecule has 0 saturated heterocycles. The molecule has 0 amide bonds. The van der Waals surface area contributed by atoms with Crippen LogP contribution in [0, 0.1) is 0 Å². The van der Waals surface area contributed by atoms with Crippen LogP contribution in [-0.2, 0) is 6.61 Å². The summed E-state index contributed by atoms with van der Waals surface area (Å²) in [6.45, 7) is -2.88. The maximum atomic E-state index is 11.8. The summed E-state index contributed by atoms with van der Waals surface area (Å²) in [5.41, 5.74) is 0.250. The fraction of sp³-hybridized carbons (Fsp3) is 0.400. The van der Waals surface area contributed by atoms with Crippen LogP contribution in [0.1, 0.15) is 12.2 Å². The van der Waals surface area contributed by atoms with Crippen molar-refractivity contribution in [3.05, 3.63) is 18.2 Å². The smallest absolute Gasteiger partial charge is 0.319 e. The van der Waals surface area contributed by atoms with Gasteiger partial charge in [-0.2, -0.15) is 8.78 Å². The van der Waals surface area contributed by atoms with Gasteiger partial charge in [-0.05, 0) is 0 Å². The molecule has 0 bridgehead atoms. The highest BCUT2D eigenvalue weighted by molar-refractivity contribution is 4.94. The molecule has 10 heavy (non-hydrogen) atoms. The number of aliphatic hydroxyl groups excluding tert-OH is 1. The topological polar surface area (TPSA) is 38.0 Å². The zero-order chi connectivity index (χ0) is 7.56. The SMILES string of the molecule is OCc1cn(C(F)F)cn1. The zero-order valence-electron chi connectivity index (χ0n) is 5.04. The highest BCUT2D eigenvalue weighted by Gasteiger charge is 2.04. The van der Waals surface area contributed by atoms with Crippen LogP contribution in [0.2, 0.25) is 0 Å². The minimum Gasteiger partial charge on any atom is -0.390 e. The molecule has 0 aliphatic heterocycles. The van der Waals surface area contributed by atoms with E-state index in [0.717, 1.165) is 12.5 Å². The van der Waals surface area contributed by atoms with Crippen molar-refractivity contribution in [2.24, 2.45) is 0 Å². The van der Waals surface area contributed by atoms with E-state index in [4.69, 9.17) is 5.11 Å². The van der Waals surface area contributed by atoms with Crippen molar-refractivity contribution in [1.82, 2.24) is 9.55 Å². The summed E-state index contributed by atoms with van der Waals surface area (Å²) in [6.07, 6.45) is 2.08. The van der Waals surface area contributed by atoms with E-state index >= 15 is 0 Å². The van der Waals surface area contributed by atoms with Crippen LogP contribution in [0.3, 0.4) is 0 Å². The standard InChI is InChI=1S/C5H6F2N2O/c6-5(7)9-1-4(2-10)8-3-9/h1,3,5,10H,2H2. The van der Waals surface area contributed by atoms with Crippen molar-refractivity contribution in [1.29, 1.82) is 0 Å². The third-order valence-corrected chi connectivity index (χ3v) is 1.04. The van der Waals surface area contributed by atoms with Crippen LogP contribution in [0.25, 0.3) is 0 Å². The molecule has 0 unspecified atom stereocenters. The van der Waals surface area contributed by atoms with E-state index < -0.39 is 6.55 Å². The molecule has 56 valence electrons. The summed E-state index contributed by atoms with van der Waals surface area (Å²) < 4.78 is 24.1. The highest BCUT2D eigenvalue weighted by Crippen LogP contribution is 2.09. The third-order valence-electron chi connectivity index (χ3n) is 1.04. The van der Waals surface area contributed by atoms with Gasteiger partial charge in [-0.1, -0.05) is 0 Å². The van der Waals surface area contributed by atoms with Crippen molar-refractivity contribution in [3.8, 4) is 0 Å². The monoisotopic (exact) mass is 148 g/mol. The van der Waals surface area contributed by atoms with E-state index in [0.29, 0.717) is 4.57 Å². The Balaban J connectivity index is 2.78. The molecule has 0 aromatic carbocycles. The summed E-state index contributed by atoms with van der Waals surface area (Å²) in [4.78, 5) is 3.49. The van der Waals surface area contributed by atoms with Gasteiger partial charge >= 0.3 is 6.55 Å². The van der Waals surface area contributed by atoms with Gasteiger partial charge in [0, 0.05) is 6.20 Å². The zero-order valence-corrected chi connectivity index (χ0v) is 5.04. The number of aromatic nitrogens is 2. The maximum absolute atomic E-state index is 11.8. The van der Waals surface area contributed by atoms with Crippen LogP contribution in [0.5, 0.6) is 0 Å². The van der Waals surface area contributed by atoms with E-state index in [9.17, 15) is 8.78 Å². The largest absolute Gasteiger partial charge is 0.390 e. The number of hydrogen-bond acceptors (Lipinski definition) is 2. The molecule has 1 aromatic rings. The molecule has 0 spiro atoms. The van der Waals surface area contributed by atoms with Gasteiger partial charge in [0.15, 0.2) is 0 Å². The fourth-order valence-electron chi connectivity index (χ4n) is 0.568. The predicted molar refractivity (Wildman–Crippen MR) is 29.4 cm³/mol. The van der Waals surface area contributed by atoms with Gasteiger partial charge in [-0.15, -0.1) is 0 Å². The number of aliphatic hydroxyl groups is 1. The minimum atomic E-state index is -2.58. The first-order valence-corrected chi connectivity index (χ1v) is 2.65. The number of hydrogen-bond donors (Lipinski definition) is 1. The minimum absolute atomic E-state index is 0.250. The highest BCUT2D eigenvalue weighted by atomic mass is 19.3. The Morgan fingerprint density at radius 1 is 1.70 bits per heavy atom.